The molecule has 0 fully saturated rings. The lowest BCUT2D eigenvalue weighted by atomic mass is 10.1. The van der Waals surface area contributed by atoms with E-state index in [1.54, 1.807) is 31.3 Å². The number of carboxylic acid groups (broad SMARTS) is 1. The molecule has 0 aliphatic carbocycles. The second-order valence-electron chi connectivity index (χ2n) is 4.35. The Bertz CT molecular complexity index is 580. The van der Waals surface area contributed by atoms with E-state index in [4.69, 9.17) is 0 Å². The highest BCUT2D eigenvalue weighted by molar-refractivity contribution is 7.09. The van der Waals surface area contributed by atoms with Crippen molar-refractivity contribution in [1.82, 2.24) is 0 Å². The normalized spacial score (nSPS) is 11.8. The van der Waals surface area contributed by atoms with E-state index in [1.165, 1.54) is 11.3 Å². The van der Waals surface area contributed by atoms with E-state index in [0.29, 0.717) is 6.42 Å². The molecule has 0 saturated heterocycles. The third-order valence-corrected chi connectivity index (χ3v) is 3.68. The standard InChI is InChI=1S/C14H16N2O3S/c1-15-12-7-20-8-13(12)16-11(14(18)19)6-9-2-4-10(17)5-3-9/h2-5,7-8,11,15-17H,6H2,1H3,(H,18,19). The molecule has 1 unspecified atom stereocenters. The molecule has 2 aromatic rings. The molecule has 1 aromatic heterocycles. The predicted octanol–water partition coefficient (Wildman–Crippen LogP) is 2.60. The summed E-state index contributed by atoms with van der Waals surface area (Å²) in [7, 11) is 1.79. The molecule has 106 valence electrons. The minimum Gasteiger partial charge on any atom is -0.508 e. The number of aliphatic carboxylic acids is 1. The molecule has 20 heavy (non-hydrogen) atoms. The number of phenols is 1. The Morgan fingerprint density at radius 2 is 1.90 bits per heavy atom. The van der Waals surface area contributed by atoms with Crippen molar-refractivity contribution in [3.63, 3.8) is 0 Å². The molecule has 0 aliphatic heterocycles. The van der Waals surface area contributed by atoms with Gasteiger partial charge >= 0.3 is 5.97 Å². The van der Waals surface area contributed by atoms with E-state index in [0.717, 1.165) is 16.9 Å². The molecule has 0 saturated carbocycles. The highest BCUT2D eigenvalue weighted by Crippen LogP contribution is 2.27. The van der Waals surface area contributed by atoms with Gasteiger partial charge in [0.15, 0.2) is 0 Å². The maximum atomic E-state index is 11.4. The third-order valence-electron chi connectivity index (χ3n) is 2.94. The molecule has 0 bridgehead atoms. The molecule has 5 nitrogen and oxygen atoms in total. The van der Waals surface area contributed by atoms with Gasteiger partial charge in [0.05, 0.1) is 11.4 Å². The fraction of sp³-hybridized carbons (Fsp3) is 0.214. The molecule has 1 aromatic carbocycles. The fourth-order valence-electron chi connectivity index (χ4n) is 1.86. The van der Waals surface area contributed by atoms with Gasteiger partial charge in [0.25, 0.3) is 0 Å². The lowest BCUT2D eigenvalue weighted by Crippen LogP contribution is -2.31. The predicted molar refractivity (Wildman–Crippen MR) is 80.7 cm³/mol. The molecule has 0 radical (unpaired) electrons. The summed E-state index contributed by atoms with van der Waals surface area (Å²) in [4.78, 5) is 11.4. The van der Waals surface area contributed by atoms with Gasteiger partial charge in [-0.1, -0.05) is 12.1 Å². The Morgan fingerprint density at radius 3 is 2.50 bits per heavy atom. The van der Waals surface area contributed by atoms with E-state index >= 15 is 0 Å². The Kier molecular flexibility index (Phi) is 4.47. The zero-order valence-corrected chi connectivity index (χ0v) is 11.8. The first kappa shape index (κ1) is 14.2. The number of carbonyl (C=O) groups is 1. The second-order valence-corrected chi connectivity index (χ2v) is 5.10. The van der Waals surface area contributed by atoms with Crippen LogP contribution in [0.2, 0.25) is 0 Å². The van der Waals surface area contributed by atoms with E-state index in [9.17, 15) is 15.0 Å². The zero-order chi connectivity index (χ0) is 14.5. The highest BCUT2D eigenvalue weighted by atomic mass is 32.1. The number of thiophene rings is 1. The second kappa shape index (κ2) is 6.29. The molecule has 0 aliphatic rings. The molecule has 4 N–H and O–H groups in total. The molecule has 1 heterocycles. The summed E-state index contributed by atoms with van der Waals surface area (Å²) in [6, 6.07) is 5.83. The number of phenolic OH excluding ortho intramolecular Hbond substituents is 1. The van der Waals surface area contributed by atoms with Gasteiger partial charge < -0.3 is 20.8 Å². The van der Waals surface area contributed by atoms with Crippen molar-refractivity contribution in [3.05, 3.63) is 40.6 Å². The van der Waals surface area contributed by atoms with Crippen LogP contribution in [-0.2, 0) is 11.2 Å². The number of aromatic hydroxyl groups is 1. The van der Waals surface area contributed by atoms with Gasteiger partial charge in [-0.3, -0.25) is 0 Å². The van der Waals surface area contributed by atoms with E-state index in [2.05, 4.69) is 10.6 Å². The van der Waals surface area contributed by atoms with Crippen molar-refractivity contribution in [3.8, 4) is 5.75 Å². The SMILES string of the molecule is CNc1cscc1NC(Cc1ccc(O)cc1)C(=O)O. The number of anilines is 2. The minimum atomic E-state index is -0.911. The molecular weight excluding hydrogens is 276 g/mol. The van der Waals surface area contributed by atoms with Crippen molar-refractivity contribution >= 4 is 28.7 Å². The zero-order valence-electron chi connectivity index (χ0n) is 11.0. The number of hydrogen-bond acceptors (Lipinski definition) is 5. The highest BCUT2D eigenvalue weighted by Gasteiger charge is 2.19. The smallest absolute Gasteiger partial charge is 0.326 e. The van der Waals surface area contributed by atoms with E-state index < -0.39 is 12.0 Å². The van der Waals surface area contributed by atoms with Gasteiger partial charge in [-0.25, -0.2) is 4.79 Å². The van der Waals surface area contributed by atoms with Gasteiger partial charge in [0.2, 0.25) is 0 Å². The van der Waals surface area contributed by atoms with Crippen LogP contribution in [0.25, 0.3) is 0 Å². The van der Waals surface area contributed by atoms with Crippen molar-refractivity contribution in [2.45, 2.75) is 12.5 Å². The average molecular weight is 292 g/mol. The van der Waals surface area contributed by atoms with Crippen LogP contribution in [0, 0.1) is 0 Å². The molecular formula is C14H16N2O3S. The van der Waals surface area contributed by atoms with Crippen LogP contribution in [0.4, 0.5) is 11.4 Å². The summed E-state index contributed by atoms with van der Waals surface area (Å²) in [6.07, 6.45) is 0.342. The largest absolute Gasteiger partial charge is 0.508 e. The summed E-state index contributed by atoms with van der Waals surface area (Å²) < 4.78 is 0. The molecule has 2 rings (SSSR count). The Hall–Kier alpha value is -2.21. The summed E-state index contributed by atoms with van der Waals surface area (Å²) in [5, 5.41) is 28.4. The Morgan fingerprint density at radius 1 is 1.25 bits per heavy atom. The molecule has 6 heteroatoms. The summed E-state index contributed by atoms with van der Waals surface area (Å²) in [6.45, 7) is 0. The topological polar surface area (TPSA) is 81.6 Å². The van der Waals surface area contributed by atoms with Crippen molar-refractivity contribution in [2.75, 3.05) is 17.7 Å². The summed E-state index contributed by atoms with van der Waals surface area (Å²) >= 11 is 1.50. The maximum Gasteiger partial charge on any atom is 0.326 e. The number of benzene rings is 1. The molecule has 1 atom stereocenters. The Labute approximate surface area is 120 Å². The van der Waals surface area contributed by atoms with Gasteiger partial charge in [-0.2, -0.15) is 0 Å². The lowest BCUT2D eigenvalue weighted by molar-refractivity contribution is -0.137. The van der Waals surface area contributed by atoms with Crippen LogP contribution >= 0.6 is 11.3 Å². The average Bonchev–Trinajstić information content (AvgIpc) is 2.87. The Balaban J connectivity index is 2.11. The van der Waals surface area contributed by atoms with Gasteiger partial charge in [-0.15, -0.1) is 11.3 Å². The van der Waals surface area contributed by atoms with E-state index in [1.807, 2.05) is 10.8 Å². The third kappa shape index (κ3) is 3.42. The number of nitrogens with one attached hydrogen (secondary N) is 2. The van der Waals surface area contributed by atoms with Gasteiger partial charge in [0.1, 0.15) is 11.8 Å². The van der Waals surface area contributed by atoms with E-state index in [-0.39, 0.29) is 5.75 Å². The van der Waals surface area contributed by atoms with Crippen LogP contribution in [0.5, 0.6) is 5.75 Å². The summed E-state index contributed by atoms with van der Waals surface area (Å²) in [5.74, 6) is -0.741. The molecule has 0 amide bonds. The first-order chi connectivity index (χ1) is 9.60. The maximum absolute atomic E-state index is 11.4. The monoisotopic (exact) mass is 292 g/mol. The van der Waals surface area contributed by atoms with Crippen LogP contribution in [0.15, 0.2) is 35.0 Å². The van der Waals surface area contributed by atoms with Crippen molar-refractivity contribution < 1.29 is 15.0 Å². The summed E-state index contributed by atoms with van der Waals surface area (Å²) in [5.41, 5.74) is 2.51. The van der Waals surface area contributed by atoms with Gasteiger partial charge in [0, 0.05) is 24.2 Å². The first-order valence-electron chi connectivity index (χ1n) is 6.11. The number of carboxylic acids is 1. The quantitative estimate of drug-likeness (QED) is 0.658. The van der Waals surface area contributed by atoms with Crippen LogP contribution < -0.4 is 10.6 Å². The fourth-order valence-corrected chi connectivity index (χ4v) is 2.64. The molecule has 0 spiro atoms. The first-order valence-corrected chi connectivity index (χ1v) is 7.05. The number of rotatable bonds is 6. The van der Waals surface area contributed by atoms with Crippen molar-refractivity contribution in [2.24, 2.45) is 0 Å². The van der Waals surface area contributed by atoms with Crippen LogP contribution in [0.3, 0.4) is 0 Å². The van der Waals surface area contributed by atoms with Crippen LogP contribution in [-0.4, -0.2) is 29.3 Å². The minimum absolute atomic E-state index is 0.170. The number of hydrogen-bond donors (Lipinski definition) is 4. The van der Waals surface area contributed by atoms with Crippen LogP contribution in [0.1, 0.15) is 5.56 Å². The lowest BCUT2D eigenvalue weighted by Gasteiger charge is -2.16. The van der Waals surface area contributed by atoms with Crippen molar-refractivity contribution in [1.29, 1.82) is 0 Å². The van der Waals surface area contributed by atoms with Gasteiger partial charge in [-0.05, 0) is 17.7 Å².